The summed E-state index contributed by atoms with van der Waals surface area (Å²) < 4.78 is 39.3. The average Bonchev–Trinajstić information content (AvgIpc) is 3.91. The fourth-order valence-electron chi connectivity index (χ4n) is 8.02. The summed E-state index contributed by atoms with van der Waals surface area (Å²) in [6, 6.07) is -5.40. The van der Waals surface area contributed by atoms with Crippen molar-refractivity contribution < 1.29 is 56.6 Å². The van der Waals surface area contributed by atoms with E-state index in [0.717, 1.165) is 49.1 Å². The van der Waals surface area contributed by atoms with Crippen LogP contribution >= 0.6 is 0 Å². The van der Waals surface area contributed by atoms with Gasteiger partial charge in [-0.2, -0.15) is 0 Å². The van der Waals surface area contributed by atoms with E-state index in [-0.39, 0.29) is 37.4 Å². The maximum absolute atomic E-state index is 14.4. The number of nitrogens with one attached hydrogen (secondary N) is 3. The molecule has 3 saturated heterocycles. The highest BCUT2D eigenvalue weighted by Crippen LogP contribution is 2.25. The summed E-state index contributed by atoms with van der Waals surface area (Å²) in [6.07, 6.45) is 8.67. The summed E-state index contributed by atoms with van der Waals surface area (Å²) in [5.74, 6) is -8.08. The summed E-state index contributed by atoms with van der Waals surface area (Å²) in [5, 5.41) is 7.68. The molecule has 1 aromatic carbocycles. The number of rotatable bonds is 10. The van der Waals surface area contributed by atoms with Crippen molar-refractivity contribution in [1.82, 2.24) is 30.7 Å². The number of nitrogens with zero attached hydrogens (tertiary/aromatic N) is 3. The summed E-state index contributed by atoms with van der Waals surface area (Å²) >= 11 is 0. The Bertz CT molecular complexity index is 1790. The normalized spacial score (nSPS) is 25.6. The number of cyclic esters (lactones) is 1. The van der Waals surface area contributed by atoms with E-state index in [0.29, 0.717) is 18.9 Å². The molecule has 17 nitrogen and oxygen atoms in total. The standard InChI is InChI=1S/C40H53F2N7O10/c1-23-37(54)49-15-7-11-31(49)40(57)59-21-29(38(55)48-14-6-10-30(48)39(56)47(2)32(36(53)44-23)22-58-34(51)20-43)46-35(52)28(18-25-16-26(41)19-27(42)17-25)45-33(50)13-12-24-8-4-3-5-9-24/h12-13,16-17,19,23-24,28-32H,3-11,14-15,18,20-22,43H2,1-2H3,(H,44,53)(H,45,50)(H,46,52)/t23-,28-,29-,30-,31-,32-/m0/s1. The third-order valence-electron chi connectivity index (χ3n) is 11.2. The van der Waals surface area contributed by atoms with Crippen molar-refractivity contribution in [3.63, 3.8) is 0 Å². The van der Waals surface area contributed by atoms with Crippen molar-refractivity contribution >= 4 is 47.4 Å². The van der Waals surface area contributed by atoms with Gasteiger partial charge < -0.3 is 45.9 Å². The number of amides is 6. The van der Waals surface area contributed by atoms with Crippen LogP contribution in [0.2, 0.25) is 0 Å². The van der Waals surface area contributed by atoms with Crippen molar-refractivity contribution in [2.45, 2.75) is 107 Å². The zero-order valence-electron chi connectivity index (χ0n) is 33.3. The molecule has 59 heavy (non-hydrogen) atoms. The monoisotopic (exact) mass is 829 g/mol. The third kappa shape index (κ3) is 11.6. The number of halogens is 2. The van der Waals surface area contributed by atoms with Crippen molar-refractivity contribution in [3.8, 4) is 0 Å². The Hall–Kier alpha value is -5.46. The first-order valence-electron chi connectivity index (χ1n) is 20.1. The van der Waals surface area contributed by atoms with Crippen LogP contribution < -0.4 is 21.7 Å². The number of hydrogen-bond donors (Lipinski definition) is 4. The first-order valence-corrected chi connectivity index (χ1v) is 20.1. The highest BCUT2D eigenvalue weighted by molar-refractivity contribution is 5.98. The fourth-order valence-corrected chi connectivity index (χ4v) is 8.02. The van der Waals surface area contributed by atoms with Gasteiger partial charge in [0.05, 0.1) is 6.54 Å². The zero-order chi connectivity index (χ0) is 42.8. The van der Waals surface area contributed by atoms with Gasteiger partial charge in [-0.1, -0.05) is 25.3 Å². The number of carbonyl (C=O) groups excluding carboxylic acids is 8. The number of esters is 2. The molecule has 4 aliphatic rings. The van der Waals surface area contributed by atoms with Gasteiger partial charge in [-0.25, -0.2) is 13.6 Å². The van der Waals surface area contributed by atoms with Crippen LogP contribution in [0.1, 0.15) is 70.3 Å². The number of likely N-dealkylation sites (N-methyl/N-ethyl adjacent to an activating group) is 1. The summed E-state index contributed by atoms with van der Waals surface area (Å²) in [7, 11) is 1.28. The van der Waals surface area contributed by atoms with Crippen molar-refractivity contribution in [2.24, 2.45) is 11.7 Å². The topological polar surface area (TPSA) is 227 Å². The first kappa shape index (κ1) is 44.6. The third-order valence-corrected chi connectivity index (χ3v) is 11.2. The van der Waals surface area contributed by atoms with E-state index in [1.54, 1.807) is 6.08 Å². The maximum Gasteiger partial charge on any atom is 0.328 e. The van der Waals surface area contributed by atoms with Crippen LogP contribution in [-0.4, -0.2) is 138 Å². The second kappa shape index (κ2) is 20.5. The highest BCUT2D eigenvalue weighted by atomic mass is 19.1. The van der Waals surface area contributed by atoms with Crippen molar-refractivity contribution in [1.29, 1.82) is 0 Å². The van der Waals surface area contributed by atoms with Gasteiger partial charge in [0.1, 0.15) is 61.1 Å². The predicted octanol–water partition coefficient (Wildman–Crippen LogP) is -0.0142. The van der Waals surface area contributed by atoms with Crippen molar-refractivity contribution in [2.75, 3.05) is 39.9 Å². The van der Waals surface area contributed by atoms with E-state index < -0.39 is 121 Å². The lowest BCUT2D eigenvalue weighted by Crippen LogP contribution is -2.61. The molecule has 6 atom stereocenters. The minimum Gasteiger partial charge on any atom is -0.462 e. The predicted molar refractivity (Wildman–Crippen MR) is 204 cm³/mol. The number of ether oxygens (including phenoxy) is 2. The van der Waals surface area contributed by atoms with Gasteiger partial charge in [-0.15, -0.1) is 0 Å². The molecule has 1 saturated carbocycles. The molecular formula is C40H53F2N7O10. The van der Waals surface area contributed by atoms with Gasteiger partial charge in [0, 0.05) is 32.6 Å². The summed E-state index contributed by atoms with van der Waals surface area (Å²) in [5.41, 5.74) is 5.41. The fraction of sp³-hybridized carbons (Fsp3) is 0.600. The van der Waals surface area contributed by atoms with E-state index in [9.17, 15) is 47.1 Å². The number of fused-ring (bicyclic) bond motifs is 2. The minimum absolute atomic E-state index is 0.0268. The molecule has 0 radical (unpaired) electrons. The van der Waals surface area contributed by atoms with Crippen LogP contribution in [0, 0.1) is 17.6 Å². The molecule has 3 aliphatic heterocycles. The highest BCUT2D eigenvalue weighted by Gasteiger charge is 2.44. The molecule has 1 aliphatic carbocycles. The number of allylic oxidation sites excluding steroid dienone is 1. The van der Waals surface area contributed by atoms with Gasteiger partial charge in [0.25, 0.3) is 0 Å². The Balaban J connectivity index is 1.46. The molecule has 0 spiro atoms. The lowest BCUT2D eigenvalue weighted by atomic mass is 9.89. The number of nitrogens with two attached hydrogens (primary N) is 1. The van der Waals surface area contributed by atoms with Gasteiger partial charge in [0.2, 0.25) is 35.4 Å². The van der Waals surface area contributed by atoms with Gasteiger partial charge >= 0.3 is 11.9 Å². The second-order valence-corrected chi connectivity index (χ2v) is 15.5. The maximum atomic E-state index is 14.4. The largest absolute Gasteiger partial charge is 0.462 e. The lowest BCUT2D eigenvalue weighted by molar-refractivity contribution is -0.158. The van der Waals surface area contributed by atoms with Crippen molar-refractivity contribution in [3.05, 3.63) is 47.5 Å². The summed E-state index contributed by atoms with van der Waals surface area (Å²) in [4.78, 5) is 112. The Kier molecular flexibility index (Phi) is 15.5. The van der Waals surface area contributed by atoms with Crippen LogP contribution in [0.3, 0.4) is 0 Å². The Morgan fingerprint density at radius 3 is 2.22 bits per heavy atom. The molecule has 1 aromatic rings. The summed E-state index contributed by atoms with van der Waals surface area (Å²) in [6.45, 7) is -0.306. The molecule has 4 fully saturated rings. The molecule has 3 heterocycles. The van der Waals surface area contributed by atoms with Gasteiger partial charge in [0.15, 0.2) is 0 Å². The Labute approximate surface area is 340 Å². The molecule has 5 N–H and O–H groups in total. The number of hydrogen-bond acceptors (Lipinski definition) is 11. The molecule has 0 bridgehead atoms. The van der Waals surface area contributed by atoms with Crippen LogP contribution in [-0.2, 0) is 54.3 Å². The van der Waals surface area contributed by atoms with Gasteiger partial charge in [-0.3, -0.25) is 33.6 Å². The molecule has 5 rings (SSSR count). The quantitative estimate of drug-likeness (QED) is 0.181. The molecule has 322 valence electrons. The average molecular weight is 830 g/mol. The van der Waals surface area contributed by atoms with E-state index in [2.05, 4.69) is 16.0 Å². The van der Waals surface area contributed by atoms with E-state index in [1.807, 2.05) is 0 Å². The van der Waals surface area contributed by atoms with Crippen LogP contribution in [0.25, 0.3) is 0 Å². The lowest BCUT2D eigenvalue weighted by Gasteiger charge is -2.35. The first-order chi connectivity index (χ1) is 28.2. The van der Waals surface area contributed by atoms with Crippen LogP contribution in [0.15, 0.2) is 30.4 Å². The molecular weight excluding hydrogens is 776 g/mol. The molecule has 0 aromatic heterocycles. The molecule has 6 amide bonds. The molecule has 19 heteroatoms. The van der Waals surface area contributed by atoms with Crippen LogP contribution in [0.5, 0.6) is 0 Å². The second-order valence-electron chi connectivity index (χ2n) is 15.5. The Morgan fingerprint density at radius 2 is 1.56 bits per heavy atom. The number of benzene rings is 1. The number of carbonyl (C=O) groups is 8. The van der Waals surface area contributed by atoms with Crippen LogP contribution in [0.4, 0.5) is 8.78 Å². The zero-order valence-corrected chi connectivity index (χ0v) is 33.3. The van der Waals surface area contributed by atoms with Gasteiger partial charge in [-0.05, 0) is 75.1 Å². The van der Waals surface area contributed by atoms with E-state index in [1.165, 1.54) is 29.8 Å². The molecule has 0 unspecified atom stereocenters. The minimum atomic E-state index is -1.64. The smallest absolute Gasteiger partial charge is 0.328 e. The van der Waals surface area contributed by atoms with E-state index >= 15 is 0 Å². The SMILES string of the molecule is C[C@@H]1NC(=O)[C@H](COC(=O)CN)N(C)C(=O)[C@@H]2CCCN2C(=O)[C@@H](NC(=O)[C@H](Cc2cc(F)cc(F)c2)NC(=O)C=CC2CCCCC2)COC(=O)[C@@H]2CCCN2C1=O. The van der Waals surface area contributed by atoms with E-state index in [4.69, 9.17) is 15.2 Å². The Morgan fingerprint density at radius 1 is 0.915 bits per heavy atom.